The van der Waals surface area contributed by atoms with Gasteiger partial charge in [0.25, 0.3) is 5.22 Å². The number of thioether (sulfide) groups is 1. The summed E-state index contributed by atoms with van der Waals surface area (Å²) in [6.45, 7) is 0. The van der Waals surface area contributed by atoms with Gasteiger partial charge in [0, 0.05) is 10.0 Å². The minimum absolute atomic E-state index is 0.122. The van der Waals surface area contributed by atoms with Crippen LogP contribution >= 0.6 is 39.3 Å². The Morgan fingerprint density at radius 3 is 2.94 bits per heavy atom. The Hall–Kier alpha value is -1.05. The third-order valence-electron chi connectivity index (χ3n) is 1.89. The second-order valence-corrected chi connectivity index (χ2v) is 5.37. The minimum Gasteiger partial charge on any atom is -0.481 e. The molecule has 0 saturated carbocycles. The number of carboxylic acid groups (broad SMARTS) is 1. The molecule has 1 heterocycles. The normalized spacial score (nSPS) is 10.6. The summed E-state index contributed by atoms with van der Waals surface area (Å²) in [6.07, 6.45) is 0. The van der Waals surface area contributed by atoms with Gasteiger partial charge < -0.3 is 9.52 Å². The van der Waals surface area contributed by atoms with Crippen LogP contribution in [0, 0.1) is 0 Å². The first kappa shape index (κ1) is 13.4. The van der Waals surface area contributed by atoms with Crippen molar-refractivity contribution in [2.24, 2.45) is 0 Å². The number of carbonyl (C=O) groups is 1. The molecule has 1 aromatic heterocycles. The van der Waals surface area contributed by atoms with Gasteiger partial charge in [-0.1, -0.05) is 23.4 Å². The first-order valence-corrected chi connectivity index (χ1v) is 6.85. The summed E-state index contributed by atoms with van der Waals surface area (Å²) in [5.74, 6) is -0.758. The van der Waals surface area contributed by atoms with E-state index in [9.17, 15) is 4.79 Å². The van der Waals surface area contributed by atoms with Crippen LogP contribution in [-0.2, 0) is 4.79 Å². The molecule has 0 aliphatic rings. The Kier molecular flexibility index (Phi) is 4.26. The molecule has 2 rings (SSSR count). The summed E-state index contributed by atoms with van der Waals surface area (Å²) in [6, 6.07) is 5.23. The molecule has 0 spiro atoms. The van der Waals surface area contributed by atoms with E-state index in [0.29, 0.717) is 16.5 Å². The molecule has 8 heteroatoms. The highest BCUT2D eigenvalue weighted by Gasteiger charge is 2.11. The van der Waals surface area contributed by atoms with Crippen molar-refractivity contribution in [3.8, 4) is 11.5 Å². The Balaban J connectivity index is 2.18. The fourth-order valence-electron chi connectivity index (χ4n) is 1.14. The average molecular weight is 350 g/mol. The summed E-state index contributed by atoms with van der Waals surface area (Å²) >= 11 is 10.2. The maximum Gasteiger partial charge on any atom is 0.314 e. The van der Waals surface area contributed by atoms with E-state index < -0.39 is 5.97 Å². The van der Waals surface area contributed by atoms with E-state index in [1.165, 1.54) is 0 Å². The Labute approximate surface area is 120 Å². The molecule has 0 bridgehead atoms. The quantitative estimate of drug-likeness (QED) is 0.853. The molecule has 0 aliphatic heterocycles. The van der Waals surface area contributed by atoms with Gasteiger partial charge >= 0.3 is 5.97 Å². The van der Waals surface area contributed by atoms with Crippen molar-refractivity contribution in [3.63, 3.8) is 0 Å². The number of benzene rings is 1. The molecule has 0 aliphatic carbocycles. The van der Waals surface area contributed by atoms with E-state index in [1.807, 2.05) is 0 Å². The number of aliphatic carboxylic acids is 1. The van der Waals surface area contributed by atoms with Crippen LogP contribution in [0.15, 0.2) is 32.3 Å². The van der Waals surface area contributed by atoms with Crippen LogP contribution in [0.1, 0.15) is 0 Å². The molecule has 1 N–H and O–H groups in total. The van der Waals surface area contributed by atoms with E-state index in [4.69, 9.17) is 21.1 Å². The van der Waals surface area contributed by atoms with Gasteiger partial charge in [0.1, 0.15) is 5.75 Å². The van der Waals surface area contributed by atoms with Crippen molar-refractivity contribution >= 4 is 45.3 Å². The lowest BCUT2D eigenvalue weighted by molar-refractivity contribution is -0.133. The molecular formula is C10H6BrClN2O3S. The molecule has 0 unspecified atom stereocenters. The van der Waals surface area contributed by atoms with Gasteiger partial charge in [-0.3, -0.25) is 4.79 Å². The van der Waals surface area contributed by atoms with Crippen LogP contribution < -0.4 is 0 Å². The van der Waals surface area contributed by atoms with Gasteiger partial charge in [-0.15, -0.1) is 10.2 Å². The zero-order chi connectivity index (χ0) is 13.1. The summed E-state index contributed by atoms with van der Waals surface area (Å²) < 4.78 is 6.09. The molecule has 0 saturated heterocycles. The number of halogens is 2. The second-order valence-electron chi connectivity index (χ2n) is 3.18. The van der Waals surface area contributed by atoms with Gasteiger partial charge in [0.15, 0.2) is 0 Å². The minimum atomic E-state index is -0.938. The summed E-state index contributed by atoms with van der Waals surface area (Å²) in [4.78, 5) is 10.4. The van der Waals surface area contributed by atoms with Crippen molar-refractivity contribution in [1.82, 2.24) is 10.2 Å². The monoisotopic (exact) mass is 348 g/mol. The van der Waals surface area contributed by atoms with Crippen LogP contribution in [0.5, 0.6) is 0 Å². The van der Waals surface area contributed by atoms with Gasteiger partial charge in [-0.25, -0.2) is 0 Å². The third kappa shape index (κ3) is 3.24. The standard InChI is InChI=1S/C10H6BrClN2O3S/c11-6-2-1-5(3-7(6)12)9-13-14-10(17-9)18-4-8(15)16/h1-3H,4H2,(H,15,16). The SMILES string of the molecule is O=C(O)CSc1nnc(-c2ccc(Br)c(Cl)c2)o1. The number of nitrogens with zero attached hydrogens (tertiary/aromatic N) is 2. The van der Waals surface area contributed by atoms with Crippen LogP contribution in [0.2, 0.25) is 5.02 Å². The van der Waals surface area contributed by atoms with Crippen molar-refractivity contribution in [2.45, 2.75) is 5.22 Å². The molecule has 18 heavy (non-hydrogen) atoms. The van der Waals surface area contributed by atoms with Crippen molar-refractivity contribution in [3.05, 3.63) is 27.7 Å². The predicted molar refractivity (Wildman–Crippen MR) is 70.8 cm³/mol. The third-order valence-corrected chi connectivity index (χ3v) is 3.93. The van der Waals surface area contributed by atoms with Gasteiger partial charge in [0.2, 0.25) is 5.89 Å². The Morgan fingerprint density at radius 2 is 2.28 bits per heavy atom. The molecule has 1 aromatic carbocycles. The van der Waals surface area contributed by atoms with Crippen LogP contribution in [-0.4, -0.2) is 27.0 Å². The maximum absolute atomic E-state index is 10.4. The van der Waals surface area contributed by atoms with Gasteiger partial charge in [-0.05, 0) is 34.1 Å². The lowest BCUT2D eigenvalue weighted by Gasteiger charge is -1.97. The fraction of sp³-hybridized carbons (Fsp3) is 0.100. The molecule has 0 atom stereocenters. The smallest absolute Gasteiger partial charge is 0.314 e. The van der Waals surface area contributed by atoms with E-state index in [0.717, 1.165) is 16.2 Å². The van der Waals surface area contributed by atoms with Crippen molar-refractivity contribution in [2.75, 3.05) is 5.75 Å². The summed E-state index contributed by atoms with van der Waals surface area (Å²) in [5.41, 5.74) is 0.679. The second kappa shape index (κ2) is 5.73. The lowest BCUT2D eigenvalue weighted by Crippen LogP contribution is -1.97. The van der Waals surface area contributed by atoms with Crippen molar-refractivity contribution < 1.29 is 14.3 Å². The highest BCUT2D eigenvalue weighted by molar-refractivity contribution is 9.10. The van der Waals surface area contributed by atoms with E-state index >= 15 is 0 Å². The highest BCUT2D eigenvalue weighted by atomic mass is 79.9. The largest absolute Gasteiger partial charge is 0.481 e. The lowest BCUT2D eigenvalue weighted by atomic mass is 10.2. The number of hydrogen-bond donors (Lipinski definition) is 1. The number of hydrogen-bond acceptors (Lipinski definition) is 5. The number of rotatable bonds is 4. The Morgan fingerprint density at radius 1 is 1.50 bits per heavy atom. The Bertz CT molecular complexity index is 590. The molecule has 94 valence electrons. The van der Waals surface area contributed by atoms with Gasteiger partial charge in [0.05, 0.1) is 5.02 Å². The average Bonchev–Trinajstić information content (AvgIpc) is 2.79. The zero-order valence-electron chi connectivity index (χ0n) is 8.76. The first-order valence-electron chi connectivity index (χ1n) is 4.70. The van der Waals surface area contributed by atoms with E-state index in [2.05, 4.69) is 26.1 Å². The molecule has 2 aromatic rings. The molecular weight excluding hydrogens is 344 g/mol. The first-order chi connectivity index (χ1) is 8.56. The summed E-state index contributed by atoms with van der Waals surface area (Å²) in [5, 5.41) is 16.9. The number of aromatic nitrogens is 2. The van der Waals surface area contributed by atoms with E-state index in [1.54, 1.807) is 18.2 Å². The number of carboxylic acids is 1. The van der Waals surface area contributed by atoms with Crippen LogP contribution in [0.4, 0.5) is 0 Å². The van der Waals surface area contributed by atoms with Crippen molar-refractivity contribution in [1.29, 1.82) is 0 Å². The van der Waals surface area contributed by atoms with Gasteiger partial charge in [-0.2, -0.15) is 0 Å². The molecule has 5 nitrogen and oxygen atoms in total. The fourth-order valence-corrected chi connectivity index (χ4v) is 2.05. The topological polar surface area (TPSA) is 76.2 Å². The maximum atomic E-state index is 10.4. The summed E-state index contributed by atoms with van der Waals surface area (Å²) in [7, 11) is 0. The van der Waals surface area contributed by atoms with Crippen LogP contribution in [0.3, 0.4) is 0 Å². The predicted octanol–water partition coefficient (Wildman–Crippen LogP) is 3.33. The zero-order valence-corrected chi connectivity index (χ0v) is 11.9. The molecule has 0 radical (unpaired) electrons. The van der Waals surface area contributed by atoms with E-state index in [-0.39, 0.29) is 11.0 Å². The molecule has 0 amide bonds. The highest BCUT2D eigenvalue weighted by Crippen LogP contribution is 2.29. The van der Waals surface area contributed by atoms with Crippen LogP contribution in [0.25, 0.3) is 11.5 Å². The molecule has 0 fully saturated rings.